The number of likely N-dealkylation sites (N-methyl/N-ethyl adjacent to an activating group) is 1. The van der Waals surface area contributed by atoms with E-state index < -0.39 is 11.7 Å². The van der Waals surface area contributed by atoms with Crippen LogP contribution >= 0.6 is 0 Å². The van der Waals surface area contributed by atoms with Gasteiger partial charge in [-0.25, -0.2) is 9.59 Å². The third kappa shape index (κ3) is 7.53. The van der Waals surface area contributed by atoms with Gasteiger partial charge in [0.25, 0.3) is 0 Å². The zero-order chi connectivity index (χ0) is 18.3. The highest BCUT2D eigenvalue weighted by Gasteiger charge is 2.16. The fraction of sp³-hybridized carbons (Fsp3) is 0.412. The Hall–Kier alpha value is -2.70. The first-order valence-corrected chi connectivity index (χ1v) is 7.51. The van der Waals surface area contributed by atoms with Gasteiger partial charge in [-0.15, -0.1) is 0 Å². The fourth-order valence-corrected chi connectivity index (χ4v) is 1.79. The third-order valence-corrected chi connectivity index (χ3v) is 2.81. The summed E-state index contributed by atoms with van der Waals surface area (Å²) in [6.45, 7) is 9.12. The number of nitrogens with zero attached hydrogens (tertiary/aromatic N) is 1. The van der Waals surface area contributed by atoms with Crippen molar-refractivity contribution in [2.45, 2.75) is 32.9 Å². The lowest BCUT2D eigenvalue weighted by atomic mass is 10.2. The molecule has 7 heteroatoms. The Morgan fingerprint density at radius 3 is 2.33 bits per heavy atom. The number of hydrogen-bond donors (Lipinski definition) is 3. The number of benzene rings is 1. The average Bonchev–Trinajstić information content (AvgIpc) is 2.43. The minimum atomic E-state index is -0.555. The van der Waals surface area contributed by atoms with Crippen molar-refractivity contribution in [3.05, 3.63) is 42.2 Å². The van der Waals surface area contributed by atoms with E-state index in [2.05, 4.69) is 17.2 Å². The number of nitrogens with one attached hydrogen (secondary N) is 2. The molecular weight excluding hydrogens is 310 g/mol. The van der Waals surface area contributed by atoms with Crippen LogP contribution in [0, 0.1) is 0 Å². The van der Waals surface area contributed by atoms with Crippen LogP contribution in [0.5, 0.6) is 0 Å². The van der Waals surface area contributed by atoms with Gasteiger partial charge in [-0.05, 0) is 38.5 Å². The summed E-state index contributed by atoms with van der Waals surface area (Å²) in [5, 5.41) is 14.4. The number of carbonyl (C=O) groups is 2. The van der Waals surface area contributed by atoms with Gasteiger partial charge in [-0.2, -0.15) is 0 Å². The molecule has 24 heavy (non-hydrogen) atoms. The summed E-state index contributed by atoms with van der Waals surface area (Å²) in [4.78, 5) is 24.8. The second-order valence-electron chi connectivity index (χ2n) is 6.40. The van der Waals surface area contributed by atoms with Crippen molar-refractivity contribution < 1.29 is 19.4 Å². The predicted molar refractivity (Wildman–Crippen MR) is 92.9 cm³/mol. The lowest BCUT2D eigenvalue weighted by Gasteiger charge is -2.19. The molecule has 0 aliphatic rings. The molecule has 0 aliphatic carbocycles. The zero-order valence-electron chi connectivity index (χ0n) is 14.5. The van der Waals surface area contributed by atoms with Gasteiger partial charge in [0.1, 0.15) is 11.4 Å². The Balaban J connectivity index is 2.49. The van der Waals surface area contributed by atoms with Crippen LogP contribution < -0.4 is 10.6 Å². The summed E-state index contributed by atoms with van der Waals surface area (Å²) < 4.78 is 5.17. The zero-order valence-corrected chi connectivity index (χ0v) is 14.5. The Morgan fingerprint density at radius 1 is 1.25 bits per heavy atom. The standard InChI is InChI=1S/C17H25N3O4/c1-12(21)11-20(5)15(22)18-10-13-6-8-14(9-7-13)19-16(23)24-17(2,3)4/h6-9,21H,1,10-11H2,2-5H3,(H,18,22)(H,19,23). The molecule has 1 aromatic carbocycles. The first-order chi connectivity index (χ1) is 11.1. The molecule has 0 atom stereocenters. The van der Waals surface area contributed by atoms with Crippen molar-refractivity contribution in [3.63, 3.8) is 0 Å². The predicted octanol–water partition coefficient (Wildman–Crippen LogP) is 3.25. The Kier molecular flexibility index (Phi) is 6.64. The van der Waals surface area contributed by atoms with Crippen molar-refractivity contribution in [1.82, 2.24) is 10.2 Å². The van der Waals surface area contributed by atoms with Gasteiger partial charge in [0.05, 0.1) is 6.54 Å². The largest absolute Gasteiger partial charge is 0.511 e. The van der Waals surface area contributed by atoms with Crippen LogP contribution in [-0.4, -0.2) is 41.3 Å². The minimum absolute atomic E-state index is 0.0740. The van der Waals surface area contributed by atoms with E-state index in [1.54, 1.807) is 52.1 Å². The highest BCUT2D eigenvalue weighted by atomic mass is 16.6. The number of aliphatic hydroxyl groups excluding tert-OH is 1. The molecular formula is C17H25N3O4. The molecule has 0 unspecified atom stereocenters. The van der Waals surface area contributed by atoms with Gasteiger partial charge >= 0.3 is 12.1 Å². The van der Waals surface area contributed by atoms with Crippen LogP contribution in [0.15, 0.2) is 36.6 Å². The van der Waals surface area contributed by atoms with Crippen LogP contribution in [0.2, 0.25) is 0 Å². The van der Waals surface area contributed by atoms with E-state index in [-0.39, 0.29) is 18.3 Å². The molecule has 132 valence electrons. The van der Waals surface area contributed by atoms with E-state index in [1.807, 2.05) is 0 Å². The van der Waals surface area contributed by atoms with Gasteiger partial charge < -0.3 is 20.1 Å². The average molecular weight is 335 g/mol. The smallest absolute Gasteiger partial charge is 0.412 e. The molecule has 3 N–H and O–H groups in total. The van der Waals surface area contributed by atoms with Gasteiger partial charge in [-0.3, -0.25) is 5.32 Å². The number of ether oxygens (including phenoxy) is 1. The number of carbonyl (C=O) groups excluding carboxylic acids is 2. The molecule has 7 nitrogen and oxygen atoms in total. The van der Waals surface area contributed by atoms with E-state index in [0.29, 0.717) is 12.2 Å². The molecule has 0 aromatic heterocycles. The lowest BCUT2D eigenvalue weighted by Crippen LogP contribution is -2.37. The summed E-state index contributed by atoms with van der Waals surface area (Å²) in [5.74, 6) is -0.0785. The number of anilines is 1. The molecule has 0 radical (unpaired) electrons. The van der Waals surface area contributed by atoms with E-state index >= 15 is 0 Å². The van der Waals surface area contributed by atoms with E-state index in [4.69, 9.17) is 9.84 Å². The van der Waals surface area contributed by atoms with E-state index in [9.17, 15) is 9.59 Å². The summed E-state index contributed by atoms with van der Waals surface area (Å²) >= 11 is 0. The summed E-state index contributed by atoms with van der Waals surface area (Å²) in [7, 11) is 1.56. The number of rotatable bonds is 5. The summed E-state index contributed by atoms with van der Waals surface area (Å²) in [6.07, 6.45) is -0.519. The maximum absolute atomic E-state index is 11.8. The van der Waals surface area contributed by atoms with Gasteiger partial charge in [0.15, 0.2) is 0 Å². The lowest BCUT2D eigenvalue weighted by molar-refractivity contribution is 0.0636. The number of aliphatic hydroxyl groups is 1. The van der Waals surface area contributed by atoms with Crippen molar-refractivity contribution in [3.8, 4) is 0 Å². The first kappa shape index (κ1) is 19.3. The molecule has 0 saturated carbocycles. The number of hydrogen-bond acceptors (Lipinski definition) is 4. The van der Waals surface area contributed by atoms with Crippen molar-refractivity contribution >= 4 is 17.8 Å². The summed E-state index contributed by atoms with van der Waals surface area (Å²) in [6, 6.07) is 6.71. The van der Waals surface area contributed by atoms with E-state index in [1.165, 1.54) is 4.90 Å². The van der Waals surface area contributed by atoms with Crippen LogP contribution in [-0.2, 0) is 11.3 Å². The Morgan fingerprint density at radius 2 is 1.83 bits per heavy atom. The van der Waals surface area contributed by atoms with Gasteiger partial charge in [0, 0.05) is 19.3 Å². The monoisotopic (exact) mass is 335 g/mol. The van der Waals surface area contributed by atoms with Crippen LogP contribution in [0.1, 0.15) is 26.3 Å². The maximum Gasteiger partial charge on any atom is 0.412 e. The molecule has 3 amide bonds. The van der Waals surface area contributed by atoms with Crippen LogP contribution in [0.4, 0.5) is 15.3 Å². The van der Waals surface area contributed by atoms with Gasteiger partial charge in [0.2, 0.25) is 0 Å². The highest BCUT2D eigenvalue weighted by molar-refractivity contribution is 5.84. The first-order valence-electron chi connectivity index (χ1n) is 7.51. The van der Waals surface area contributed by atoms with Crippen molar-refractivity contribution in [1.29, 1.82) is 0 Å². The second-order valence-corrected chi connectivity index (χ2v) is 6.40. The molecule has 0 saturated heterocycles. The molecule has 0 aliphatic heterocycles. The molecule has 1 aromatic rings. The highest BCUT2D eigenvalue weighted by Crippen LogP contribution is 2.13. The van der Waals surface area contributed by atoms with Crippen LogP contribution in [0.25, 0.3) is 0 Å². The van der Waals surface area contributed by atoms with Gasteiger partial charge in [-0.1, -0.05) is 18.7 Å². The maximum atomic E-state index is 11.8. The van der Waals surface area contributed by atoms with Crippen LogP contribution in [0.3, 0.4) is 0 Å². The van der Waals surface area contributed by atoms with Crippen molar-refractivity contribution in [2.75, 3.05) is 18.9 Å². The minimum Gasteiger partial charge on any atom is -0.511 e. The summed E-state index contributed by atoms with van der Waals surface area (Å²) in [5.41, 5.74) is 0.919. The molecule has 0 heterocycles. The van der Waals surface area contributed by atoms with E-state index in [0.717, 1.165) is 5.56 Å². The SMILES string of the molecule is C=C(O)CN(C)C(=O)NCc1ccc(NC(=O)OC(C)(C)C)cc1. The Bertz CT molecular complexity index is 591. The molecule has 0 spiro atoms. The molecule has 0 bridgehead atoms. The fourth-order valence-electron chi connectivity index (χ4n) is 1.79. The molecule has 1 rings (SSSR count). The quantitative estimate of drug-likeness (QED) is 0.720. The third-order valence-electron chi connectivity index (χ3n) is 2.81. The second kappa shape index (κ2) is 8.24. The number of urea groups is 1. The Labute approximate surface area is 142 Å². The normalized spacial score (nSPS) is 10.7. The number of amides is 3. The topological polar surface area (TPSA) is 90.9 Å². The van der Waals surface area contributed by atoms with Crippen molar-refractivity contribution in [2.24, 2.45) is 0 Å². The molecule has 0 fully saturated rings.